The Labute approximate surface area is 134 Å². The van der Waals surface area contributed by atoms with Crippen LogP contribution >= 0.6 is 0 Å². The van der Waals surface area contributed by atoms with Crippen LogP contribution < -0.4 is 5.32 Å². The number of cyclic esters (lactones) is 1. The van der Waals surface area contributed by atoms with E-state index in [2.05, 4.69) is 10.4 Å². The molecule has 1 aliphatic carbocycles. The van der Waals surface area contributed by atoms with Gasteiger partial charge in [-0.25, -0.2) is 9.59 Å². The number of carbonyl (C=O) groups excluding carboxylic acids is 2. The lowest BCUT2D eigenvalue weighted by molar-refractivity contribution is 0.0156. The molecule has 3 amide bonds. The van der Waals surface area contributed by atoms with Gasteiger partial charge in [-0.2, -0.15) is 5.10 Å². The van der Waals surface area contributed by atoms with Crippen molar-refractivity contribution in [2.45, 2.75) is 31.2 Å². The molecule has 3 aliphatic rings. The molecule has 2 saturated heterocycles. The zero-order valence-electron chi connectivity index (χ0n) is 13.2. The number of hydrogen-bond acceptors (Lipinski definition) is 4. The van der Waals surface area contributed by atoms with Gasteiger partial charge in [0, 0.05) is 50.8 Å². The number of urea groups is 1. The van der Waals surface area contributed by atoms with E-state index in [9.17, 15) is 9.59 Å². The van der Waals surface area contributed by atoms with Crippen molar-refractivity contribution in [2.24, 2.45) is 7.05 Å². The molecule has 8 heteroatoms. The first-order valence-electron chi connectivity index (χ1n) is 8.15. The van der Waals surface area contributed by atoms with Crippen LogP contribution in [-0.4, -0.2) is 64.0 Å². The van der Waals surface area contributed by atoms with Gasteiger partial charge in [-0.05, 0) is 12.8 Å². The maximum absolute atomic E-state index is 12.5. The van der Waals surface area contributed by atoms with E-state index in [0.29, 0.717) is 38.0 Å². The minimum Gasteiger partial charge on any atom is -0.449 e. The molecule has 8 nitrogen and oxygen atoms in total. The molecule has 3 fully saturated rings. The number of carbonyl (C=O) groups is 2. The van der Waals surface area contributed by atoms with Gasteiger partial charge in [-0.1, -0.05) is 0 Å². The molecule has 1 N–H and O–H groups in total. The number of aromatic nitrogens is 2. The third-order valence-electron chi connectivity index (χ3n) is 4.83. The average molecular weight is 319 g/mol. The molecule has 0 spiro atoms. The van der Waals surface area contributed by atoms with E-state index >= 15 is 0 Å². The van der Waals surface area contributed by atoms with E-state index in [1.165, 1.54) is 18.5 Å². The SMILES string of the molecule is Cn1nc(NC(=O)N2CCN3C(=O)OCCC3C2)cc1C1CC1. The van der Waals surface area contributed by atoms with Crippen molar-refractivity contribution < 1.29 is 14.3 Å². The number of anilines is 1. The van der Waals surface area contributed by atoms with E-state index in [1.807, 2.05) is 17.8 Å². The maximum Gasteiger partial charge on any atom is 0.410 e. The standard InChI is InChI=1S/C15H21N5O3/c1-18-12(10-2-3-10)8-13(17-18)16-14(21)19-5-6-20-11(9-19)4-7-23-15(20)22/h8,10-11H,2-7,9H2,1H3,(H,16,17,21). The smallest absolute Gasteiger partial charge is 0.410 e. The lowest BCUT2D eigenvalue weighted by Crippen LogP contribution is -2.59. The molecule has 3 heterocycles. The van der Waals surface area contributed by atoms with E-state index < -0.39 is 0 Å². The van der Waals surface area contributed by atoms with Crippen LogP contribution in [0.5, 0.6) is 0 Å². The molecular formula is C15H21N5O3. The van der Waals surface area contributed by atoms with Crippen molar-refractivity contribution in [3.05, 3.63) is 11.8 Å². The largest absolute Gasteiger partial charge is 0.449 e. The molecule has 1 aromatic rings. The summed E-state index contributed by atoms with van der Waals surface area (Å²) in [6, 6.07) is 1.87. The first kappa shape index (κ1) is 14.3. The highest BCUT2D eigenvalue weighted by atomic mass is 16.6. The molecule has 1 saturated carbocycles. The Morgan fingerprint density at radius 3 is 2.96 bits per heavy atom. The molecule has 0 bridgehead atoms. The van der Waals surface area contributed by atoms with E-state index in [4.69, 9.17) is 4.74 Å². The summed E-state index contributed by atoms with van der Waals surface area (Å²) < 4.78 is 6.89. The summed E-state index contributed by atoms with van der Waals surface area (Å²) in [5.41, 5.74) is 1.18. The summed E-state index contributed by atoms with van der Waals surface area (Å²) >= 11 is 0. The Bertz CT molecular complexity index is 639. The second-order valence-electron chi connectivity index (χ2n) is 6.48. The van der Waals surface area contributed by atoms with Crippen LogP contribution in [0.3, 0.4) is 0 Å². The van der Waals surface area contributed by atoms with Crippen molar-refractivity contribution in [3.8, 4) is 0 Å². The third kappa shape index (κ3) is 2.73. The second-order valence-corrected chi connectivity index (χ2v) is 6.48. The second kappa shape index (κ2) is 5.43. The Balaban J connectivity index is 1.39. The molecule has 124 valence electrons. The van der Waals surface area contributed by atoms with Crippen LogP contribution in [0.25, 0.3) is 0 Å². The molecule has 0 radical (unpaired) electrons. The predicted molar refractivity (Wildman–Crippen MR) is 82.2 cm³/mol. The van der Waals surface area contributed by atoms with Crippen molar-refractivity contribution >= 4 is 17.9 Å². The molecule has 1 atom stereocenters. The van der Waals surface area contributed by atoms with Crippen LogP contribution in [-0.2, 0) is 11.8 Å². The molecule has 2 aliphatic heterocycles. The third-order valence-corrected chi connectivity index (χ3v) is 4.83. The Morgan fingerprint density at radius 1 is 1.35 bits per heavy atom. The zero-order chi connectivity index (χ0) is 16.0. The number of amides is 3. The summed E-state index contributed by atoms with van der Waals surface area (Å²) in [6.45, 7) is 2.01. The minimum absolute atomic E-state index is 0.0570. The Hall–Kier alpha value is -2.25. The fourth-order valence-electron chi connectivity index (χ4n) is 3.38. The normalized spacial score (nSPS) is 24.2. The lowest BCUT2D eigenvalue weighted by atomic mass is 10.1. The number of ether oxygens (including phenoxy) is 1. The summed E-state index contributed by atoms with van der Waals surface area (Å²) in [7, 11) is 1.91. The number of rotatable bonds is 2. The summed E-state index contributed by atoms with van der Waals surface area (Å²) in [5, 5.41) is 7.26. The fraction of sp³-hybridized carbons (Fsp3) is 0.667. The molecule has 4 rings (SSSR count). The number of aryl methyl sites for hydroxylation is 1. The van der Waals surface area contributed by atoms with Crippen LogP contribution in [0, 0.1) is 0 Å². The van der Waals surface area contributed by atoms with Gasteiger partial charge >= 0.3 is 12.1 Å². The topological polar surface area (TPSA) is 79.7 Å². The maximum atomic E-state index is 12.5. The first-order chi connectivity index (χ1) is 11.1. The quantitative estimate of drug-likeness (QED) is 0.892. The van der Waals surface area contributed by atoms with Crippen LogP contribution in [0.1, 0.15) is 30.9 Å². The number of piperazine rings is 1. The van der Waals surface area contributed by atoms with Gasteiger partial charge in [0.2, 0.25) is 0 Å². The summed E-state index contributed by atoms with van der Waals surface area (Å²) in [5.74, 6) is 1.19. The zero-order valence-corrected chi connectivity index (χ0v) is 13.2. The Kier molecular flexibility index (Phi) is 3.39. The van der Waals surface area contributed by atoms with Crippen molar-refractivity contribution in [1.29, 1.82) is 0 Å². The summed E-state index contributed by atoms with van der Waals surface area (Å²) in [6.07, 6.45) is 2.91. The minimum atomic E-state index is -0.264. The monoisotopic (exact) mass is 319 g/mol. The predicted octanol–water partition coefficient (Wildman–Crippen LogP) is 1.36. The first-order valence-corrected chi connectivity index (χ1v) is 8.15. The van der Waals surface area contributed by atoms with Crippen LogP contribution in [0.4, 0.5) is 15.4 Å². The molecule has 23 heavy (non-hydrogen) atoms. The molecule has 1 unspecified atom stereocenters. The van der Waals surface area contributed by atoms with E-state index in [-0.39, 0.29) is 18.2 Å². The molecular weight excluding hydrogens is 298 g/mol. The van der Waals surface area contributed by atoms with Crippen molar-refractivity contribution in [3.63, 3.8) is 0 Å². The van der Waals surface area contributed by atoms with Crippen molar-refractivity contribution in [1.82, 2.24) is 19.6 Å². The number of fused-ring (bicyclic) bond motifs is 1. The summed E-state index contributed by atoms with van der Waals surface area (Å²) in [4.78, 5) is 27.6. The van der Waals surface area contributed by atoms with Crippen LogP contribution in [0.15, 0.2) is 6.07 Å². The van der Waals surface area contributed by atoms with Gasteiger partial charge < -0.3 is 14.5 Å². The van der Waals surface area contributed by atoms with Crippen molar-refractivity contribution in [2.75, 3.05) is 31.6 Å². The lowest BCUT2D eigenvalue weighted by Gasteiger charge is -2.42. The number of hydrogen-bond donors (Lipinski definition) is 1. The van der Waals surface area contributed by atoms with E-state index in [1.54, 1.807) is 9.80 Å². The highest BCUT2D eigenvalue weighted by Crippen LogP contribution is 2.40. The highest BCUT2D eigenvalue weighted by molar-refractivity contribution is 5.88. The van der Waals surface area contributed by atoms with Gasteiger partial charge in [0.15, 0.2) is 5.82 Å². The fourth-order valence-corrected chi connectivity index (χ4v) is 3.38. The van der Waals surface area contributed by atoms with Crippen LogP contribution in [0.2, 0.25) is 0 Å². The van der Waals surface area contributed by atoms with E-state index in [0.717, 1.165) is 6.42 Å². The highest BCUT2D eigenvalue weighted by Gasteiger charge is 2.36. The van der Waals surface area contributed by atoms with Gasteiger partial charge in [0.05, 0.1) is 12.6 Å². The Morgan fingerprint density at radius 2 is 2.17 bits per heavy atom. The van der Waals surface area contributed by atoms with Gasteiger partial charge in [-0.15, -0.1) is 0 Å². The number of nitrogens with one attached hydrogen (secondary N) is 1. The molecule has 1 aromatic heterocycles. The number of nitrogens with zero attached hydrogens (tertiary/aromatic N) is 4. The average Bonchev–Trinajstić information content (AvgIpc) is 3.31. The molecule has 0 aromatic carbocycles. The van der Waals surface area contributed by atoms with Gasteiger partial charge in [-0.3, -0.25) is 10.00 Å². The van der Waals surface area contributed by atoms with Gasteiger partial charge in [0.25, 0.3) is 0 Å². The van der Waals surface area contributed by atoms with Gasteiger partial charge in [0.1, 0.15) is 0 Å².